The highest BCUT2D eigenvalue weighted by Gasteiger charge is 2.48. The molecule has 0 radical (unpaired) electrons. The van der Waals surface area contributed by atoms with Crippen LogP contribution in [0, 0.1) is 16.7 Å². The van der Waals surface area contributed by atoms with Crippen LogP contribution in [0.15, 0.2) is 18.2 Å². The average Bonchev–Trinajstić information content (AvgIpc) is 2.68. The fourth-order valence-corrected chi connectivity index (χ4v) is 2.90. The molecular weight excluding hydrogens is 337 g/mol. The largest absolute Gasteiger partial charge is 0.480 e. The number of β-amino-alcohol motifs (C(OH)–C–C–N with tert-alkyl or cyclic N) is 1. The van der Waals surface area contributed by atoms with Crippen LogP contribution in [0.2, 0.25) is 0 Å². The zero-order valence-electron chi connectivity index (χ0n) is 14.1. The van der Waals surface area contributed by atoms with E-state index >= 15 is 0 Å². The minimum atomic E-state index is -4.70. The van der Waals surface area contributed by atoms with Crippen LogP contribution in [0.25, 0.3) is 0 Å². The number of ether oxygens (including phenoxy) is 1. The second-order valence-electron chi connectivity index (χ2n) is 6.87. The Hall–Kier alpha value is -2.27. The summed E-state index contributed by atoms with van der Waals surface area (Å²) in [6, 6.07) is 4.50. The van der Waals surface area contributed by atoms with Gasteiger partial charge in [0, 0.05) is 18.5 Å². The van der Waals surface area contributed by atoms with Gasteiger partial charge in [0.1, 0.15) is 5.75 Å². The summed E-state index contributed by atoms with van der Waals surface area (Å²) in [5.74, 6) is -0.513. The Kier molecular flexibility index (Phi) is 5.00. The summed E-state index contributed by atoms with van der Waals surface area (Å²) in [4.78, 5) is 13.9. The van der Waals surface area contributed by atoms with E-state index in [9.17, 15) is 23.1 Å². The molecule has 25 heavy (non-hydrogen) atoms. The predicted octanol–water partition coefficient (Wildman–Crippen LogP) is 2.57. The summed E-state index contributed by atoms with van der Waals surface area (Å²) in [7, 11) is 0. The van der Waals surface area contributed by atoms with Crippen LogP contribution in [-0.2, 0) is 11.0 Å². The number of hydrogen-bond donors (Lipinski definition) is 1. The van der Waals surface area contributed by atoms with Gasteiger partial charge in [-0.2, -0.15) is 18.4 Å². The van der Waals surface area contributed by atoms with Crippen LogP contribution >= 0.6 is 0 Å². The Morgan fingerprint density at radius 1 is 1.48 bits per heavy atom. The molecule has 0 bridgehead atoms. The quantitative estimate of drug-likeness (QED) is 0.900. The number of aliphatic hydroxyl groups is 1. The lowest BCUT2D eigenvalue weighted by atomic mass is 9.89. The maximum atomic E-state index is 13.1. The van der Waals surface area contributed by atoms with Crippen molar-refractivity contribution in [2.75, 3.05) is 13.1 Å². The van der Waals surface area contributed by atoms with Crippen molar-refractivity contribution in [3.05, 3.63) is 29.3 Å². The molecule has 2 rings (SSSR count). The number of rotatable bonds is 4. The first-order valence-corrected chi connectivity index (χ1v) is 7.70. The van der Waals surface area contributed by atoms with Gasteiger partial charge < -0.3 is 14.7 Å². The van der Waals surface area contributed by atoms with E-state index in [1.54, 1.807) is 20.8 Å². The van der Waals surface area contributed by atoms with Gasteiger partial charge in [0.25, 0.3) is 5.91 Å². The zero-order valence-corrected chi connectivity index (χ0v) is 14.1. The molecule has 0 saturated carbocycles. The summed E-state index contributed by atoms with van der Waals surface area (Å²) < 4.78 is 44.7. The van der Waals surface area contributed by atoms with E-state index in [4.69, 9.17) is 10.00 Å². The number of halogens is 3. The molecule has 1 unspecified atom stereocenters. The molecular formula is C17H19F3N2O3. The fraction of sp³-hybridized carbons (Fsp3) is 0.529. The lowest BCUT2D eigenvalue weighted by Gasteiger charge is -2.24. The molecule has 2 atom stereocenters. The Morgan fingerprint density at radius 3 is 2.64 bits per heavy atom. The van der Waals surface area contributed by atoms with E-state index in [0.717, 1.165) is 12.1 Å². The molecule has 0 spiro atoms. The van der Waals surface area contributed by atoms with Crippen LogP contribution in [0.5, 0.6) is 5.75 Å². The van der Waals surface area contributed by atoms with Gasteiger partial charge in [-0.3, -0.25) is 4.79 Å². The molecule has 0 aromatic heterocycles. The van der Waals surface area contributed by atoms with Gasteiger partial charge in [-0.15, -0.1) is 0 Å². The second kappa shape index (κ2) is 6.56. The van der Waals surface area contributed by atoms with Crippen molar-refractivity contribution >= 4 is 5.91 Å². The molecule has 5 nitrogen and oxygen atoms in total. The van der Waals surface area contributed by atoms with E-state index in [1.807, 2.05) is 0 Å². The SMILES string of the molecule is CC(O)CN1CC(C)(C)[C@@H](Oc2ccc(C#N)c(C(F)(F)F)c2)C1=O. The number of carbonyl (C=O) groups is 1. The third-order valence-corrected chi connectivity index (χ3v) is 4.00. The Balaban J connectivity index is 2.30. The van der Waals surface area contributed by atoms with Crippen molar-refractivity contribution in [2.24, 2.45) is 5.41 Å². The molecule has 1 N–H and O–H groups in total. The third-order valence-electron chi connectivity index (χ3n) is 4.00. The summed E-state index contributed by atoms with van der Waals surface area (Å²) in [5, 5.41) is 18.3. The van der Waals surface area contributed by atoms with Gasteiger partial charge in [-0.25, -0.2) is 0 Å². The second-order valence-corrected chi connectivity index (χ2v) is 6.87. The lowest BCUT2D eigenvalue weighted by Crippen LogP contribution is -2.38. The molecule has 1 heterocycles. The number of nitrogens with zero attached hydrogens (tertiary/aromatic N) is 2. The van der Waals surface area contributed by atoms with Gasteiger partial charge >= 0.3 is 6.18 Å². The summed E-state index contributed by atoms with van der Waals surface area (Å²) >= 11 is 0. The number of hydrogen-bond acceptors (Lipinski definition) is 4. The molecule has 0 aliphatic carbocycles. The first-order valence-electron chi connectivity index (χ1n) is 7.70. The van der Waals surface area contributed by atoms with Crippen molar-refractivity contribution in [2.45, 2.75) is 39.2 Å². The van der Waals surface area contributed by atoms with Crippen LogP contribution in [0.4, 0.5) is 13.2 Å². The highest BCUT2D eigenvalue weighted by molar-refractivity contribution is 5.84. The molecule has 1 aliphatic heterocycles. The van der Waals surface area contributed by atoms with Crippen LogP contribution in [0.3, 0.4) is 0 Å². The van der Waals surface area contributed by atoms with Crippen molar-refractivity contribution in [3.63, 3.8) is 0 Å². The number of benzene rings is 1. The molecule has 8 heteroatoms. The lowest BCUT2D eigenvalue weighted by molar-refractivity contribution is -0.138. The third kappa shape index (κ3) is 4.04. The van der Waals surface area contributed by atoms with Crippen molar-refractivity contribution < 1.29 is 27.8 Å². The Bertz CT molecular complexity index is 708. The van der Waals surface area contributed by atoms with E-state index in [0.29, 0.717) is 6.54 Å². The first-order chi connectivity index (χ1) is 11.5. The van der Waals surface area contributed by atoms with Crippen molar-refractivity contribution in [1.29, 1.82) is 5.26 Å². The number of amides is 1. The zero-order chi connectivity index (χ0) is 19.0. The maximum Gasteiger partial charge on any atom is 0.417 e. The number of aliphatic hydroxyl groups excluding tert-OH is 1. The standard InChI is InChI=1S/C17H19F3N2O3/c1-10(23)8-22-9-16(2,3)14(15(22)24)25-12-5-4-11(7-21)13(6-12)17(18,19)20/h4-6,10,14,23H,8-9H2,1-3H3/t10?,14-/m0/s1. The first kappa shape index (κ1) is 19.1. The molecule has 136 valence electrons. The number of alkyl halides is 3. The minimum absolute atomic E-state index is 0.128. The highest BCUT2D eigenvalue weighted by Crippen LogP contribution is 2.37. The van der Waals surface area contributed by atoms with Crippen LogP contribution < -0.4 is 4.74 Å². The van der Waals surface area contributed by atoms with E-state index in [2.05, 4.69) is 0 Å². The predicted molar refractivity (Wildman–Crippen MR) is 82.6 cm³/mol. The monoisotopic (exact) mass is 356 g/mol. The van der Waals surface area contributed by atoms with Crippen LogP contribution in [-0.4, -0.2) is 41.2 Å². The number of nitriles is 1. The summed E-state index contributed by atoms with van der Waals surface area (Å²) in [6.45, 7) is 5.54. The van der Waals surface area contributed by atoms with Gasteiger partial charge in [-0.1, -0.05) is 13.8 Å². The van der Waals surface area contributed by atoms with Gasteiger partial charge in [-0.05, 0) is 25.1 Å². The Labute approximate surface area is 143 Å². The minimum Gasteiger partial charge on any atom is -0.480 e. The normalized spacial score (nSPS) is 21.1. The van der Waals surface area contributed by atoms with E-state index in [1.165, 1.54) is 17.0 Å². The van der Waals surface area contributed by atoms with Crippen LogP contribution in [0.1, 0.15) is 31.9 Å². The van der Waals surface area contributed by atoms with Crippen molar-refractivity contribution in [1.82, 2.24) is 4.90 Å². The smallest absolute Gasteiger partial charge is 0.417 e. The van der Waals surface area contributed by atoms with Gasteiger partial charge in [0.15, 0.2) is 6.10 Å². The van der Waals surface area contributed by atoms with Gasteiger partial charge in [0.2, 0.25) is 0 Å². The molecule has 1 aromatic rings. The summed E-state index contributed by atoms with van der Waals surface area (Å²) in [5.41, 5.74) is -2.25. The number of carbonyl (C=O) groups excluding carboxylic acids is 1. The molecule has 1 fully saturated rings. The topological polar surface area (TPSA) is 73.6 Å². The highest BCUT2D eigenvalue weighted by atomic mass is 19.4. The van der Waals surface area contributed by atoms with E-state index < -0.39 is 34.9 Å². The maximum absolute atomic E-state index is 13.1. The molecule has 1 amide bonds. The fourth-order valence-electron chi connectivity index (χ4n) is 2.90. The van der Waals surface area contributed by atoms with Gasteiger partial charge in [0.05, 0.1) is 23.3 Å². The molecule has 1 saturated heterocycles. The van der Waals surface area contributed by atoms with E-state index in [-0.39, 0.29) is 18.2 Å². The average molecular weight is 356 g/mol. The molecule has 1 aromatic carbocycles. The summed E-state index contributed by atoms with van der Waals surface area (Å²) in [6.07, 6.45) is -6.39. The van der Waals surface area contributed by atoms with Crippen molar-refractivity contribution in [3.8, 4) is 11.8 Å². The number of likely N-dealkylation sites (tertiary alicyclic amines) is 1. The Morgan fingerprint density at radius 2 is 2.12 bits per heavy atom. The molecule has 1 aliphatic rings.